The quantitative estimate of drug-likeness (QED) is 0.0837. The third kappa shape index (κ3) is 17.8. The van der Waals surface area contributed by atoms with E-state index in [4.69, 9.17) is 25.4 Å². The summed E-state index contributed by atoms with van der Waals surface area (Å²) in [4.78, 5) is 26.3. The molecule has 2 unspecified atom stereocenters. The van der Waals surface area contributed by atoms with Gasteiger partial charge in [0.2, 0.25) is 0 Å². The van der Waals surface area contributed by atoms with Crippen molar-refractivity contribution in [2.45, 2.75) is 190 Å². The zero-order valence-corrected chi connectivity index (χ0v) is 41.4. The standard InChI is InChI=1S/C27H38O6.C24H34O6.C2H6.2CH4/c1-17-13-15-22(29)25-23(32-27(4,5)33-25)11-8-10-21-20(9-6-7-16-28)14-12-18(2)24(21)26(30)31-19(17)3;1-15-11-13-21(27)23(28)20(26)9-6-8-19-18(7-4-5-14-25)12-10-16(2)22(19)24(29)30-17(15)3;1-2;;/h8,10,12-15,17,19,22-23,25,28-29H,6-7,9,11,16H2,1-5H3;6,8,10-13,15,17,20-21,23,25-28H,4-5,7,9,14H2,1-3H3;1-2H3;2*1H4/b10-8?,15-13-;8-6?,13-11-;;;/t17-,19+,22?,23+,25-;15-,17+,20+,21?,23+;;;/m11.../s1/i;;;1T;. The molecule has 3 aliphatic rings. The number of hydrogen-bond acceptors (Lipinski definition) is 12. The van der Waals surface area contributed by atoms with E-state index in [1.807, 2.05) is 105 Å². The second-order valence-corrected chi connectivity index (χ2v) is 17.7. The fraction of sp³-hybridized carbons (Fsp3) is 0.600. The average Bonchev–Trinajstić information content (AvgIpc) is 3.62. The van der Waals surface area contributed by atoms with Gasteiger partial charge >= 0.3 is 11.9 Å². The molecule has 0 saturated carbocycles. The monoisotopic (exact) mass is 941 g/mol. The van der Waals surface area contributed by atoms with Gasteiger partial charge in [-0.15, -0.1) is 0 Å². The summed E-state index contributed by atoms with van der Waals surface area (Å²) in [6.07, 6.45) is 13.1. The number of carbonyl (C=O) groups is 2. The van der Waals surface area contributed by atoms with E-state index in [0.717, 1.165) is 52.6 Å². The maximum Gasteiger partial charge on any atom is 0.339 e. The molecule has 1 fully saturated rings. The summed E-state index contributed by atoms with van der Waals surface area (Å²) in [5, 5.41) is 59.7. The predicted molar refractivity (Wildman–Crippen MR) is 269 cm³/mol. The van der Waals surface area contributed by atoms with E-state index >= 15 is 0 Å². The Morgan fingerprint density at radius 3 is 1.52 bits per heavy atom. The molecule has 3 aliphatic heterocycles. The molecular formula is C55H86O12. The van der Waals surface area contributed by atoms with Crippen molar-refractivity contribution in [1.29, 1.82) is 0 Å². The lowest BCUT2D eigenvalue weighted by atomic mass is 9.92. The number of hydrogen-bond donors (Lipinski definition) is 6. The minimum Gasteiger partial charge on any atom is -0.458 e. The third-order valence-corrected chi connectivity index (χ3v) is 12.1. The van der Waals surface area contributed by atoms with Gasteiger partial charge in [-0.3, -0.25) is 0 Å². The maximum atomic E-state index is 13.3. The summed E-state index contributed by atoms with van der Waals surface area (Å²) in [6.45, 7) is 19.2. The molecule has 10 atom stereocenters. The Bertz CT molecular complexity index is 1940. The highest BCUT2D eigenvalue weighted by Gasteiger charge is 2.43. The zero-order chi connectivity index (χ0) is 50.4. The Morgan fingerprint density at radius 1 is 0.642 bits per heavy atom. The second-order valence-electron chi connectivity index (χ2n) is 17.7. The van der Waals surface area contributed by atoms with Crippen molar-refractivity contribution in [3.63, 3.8) is 0 Å². The summed E-state index contributed by atoms with van der Waals surface area (Å²) in [6, 6.07) is 7.87. The molecular weight excluding hydrogens is 853 g/mol. The van der Waals surface area contributed by atoms with Gasteiger partial charge < -0.3 is 49.6 Å². The summed E-state index contributed by atoms with van der Waals surface area (Å²) >= 11 is 0. The number of aliphatic hydroxyl groups excluding tert-OH is 6. The van der Waals surface area contributed by atoms with Gasteiger partial charge in [-0.2, -0.15) is 0 Å². The van der Waals surface area contributed by atoms with Gasteiger partial charge in [0, 0.05) is 26.4 Å². The largest absolute Gasteiger partial charge is 0.458 e. The van der Waals surface area contributed by atoms with Crippen molar-refractivity contribution >= 4 is 24.1 Å². The maximum absolute atomic E-state index is 13.3. The molecule has 0 spiro atoms. The highest BCUT2D eigenvalue weighted by atomic mass is 16.8. The first-order chi connectivity index (χ1) is 31.9. The number of rotatable bonds is 8. The second kappa shape index (κ2) is 29.8. The van der Waals surface area contributed by atoms with Crippen LogP contribution in [0.4, 0.5) is 0 Å². The van der Waals surface area contributed by atoms with Crippen LogP contribution in [0.25, 0.3) is 12.2 Å². The lowest BCUT2D eigenvalue weighted by Gasteiger charge is -2.23. The predicted octanol–water partition coefficient (Wildman–Crippen LogP) is 9.19. The van der Waals surface area contributed by atoms with Crippen molar-refractivity contribution in [1.82, 2.24) is 0 Å². The van der Waals surface area contributed by atoms with Crippen molar-refractivity contribution in [3.05, 3.63) is 105 Å². The van der Waals surface area contributed by atoms with E-state index < -0.39 is 48.4 Å². The van der Waals surface area contributed by atoms with E-state index in [0.29, 0.717) is 36.8 Å². The number of ether oxygens (including phenoxy) is 4. The number of aliphatic hydroxyl groups is 6. The summed E-state index contributed by atoms with van der Waals surface area (Å²) in [5.41, 5.74) is 6.31. The summed E-state index contributed by atoms with van der Waals surface area (Å²) in [7, 11) is 1.25. The lowest BCUT2D eigenvalue weighted by molar-refractivity contribution is -0.152. The van der Waals surface area contributed by atoms with E-state index in [-0.39, 0.29) is 57.1 Å². The van der Waals surface area contributed by atoms with Gasteiger partial charge in [0.15, 0.2) is 5.79 Å². The summed E-state index contributed by atoms with van der Waals surface area (Å²) in [5.74, 6) is -1.83. The highest BCUT2D eigenvalue weighted by Crippen LogP contribution is 2.34. The highest BCUT2D eigenvalue weighted by molar-refractivity contribution is 5.96. The Kier molecular flexibility index (Phi) is 26.3. The van der Waals surface area contributed by atoms with E-state index in [9.17, 15) is 35.1 Å². The minimum absolute atomic E-state index is 0. The van der Waals surface area contributed by atoms with Gasteiger partial charge in [0.1, 0.15) is 36.6 Å². The number of fused-ring (bicyclic) bond motifs is 3. The normalized spacial score (nSPS) is 28.3. The number of cyclic esters (lactones) is 2. The van der Waals surface area contributed by atoms with Crippen molar-refractivity contribution in [3.8, 4) is 0 Å². The minimum atomic E-state index is -1.32. The fourth-order valence-electron chi connectivity index (χ4n) is 7.89. The zero-order valence-electron chi connectivity index (χ0n) is 42.4. The van der Waals surface area contributed by atoms with Crippen molar-refractivity contribution in [2.75, 3.05) is 13.2 Å². The molecule has 0 aromatic heterocycles. The summed E-state index contributed by atoms with van der Waals surface area (Å²) < 4.78 is 29.4. The molecule has 6 N–H and O–H groups in total. The molecule has 12 heteroatoms. The smallest absolute Gasteiger partial charge is 0.339 e. The molecule has 3 heterocycles. The number of aryl methyl sites for hydroxylation is 4. The molecule has 2 aromatic rings. The molecule has 2 aromatic carbocycles. The van der Waals surface area contributed by atoms with Crippen LogP contribution in [0.1, 0.15) is 164 Å². The van der Waals surface area contributed by atoms with Crippen LogP contribution in [0.3, 0.4) is 0 Å². The Labute approximate surface area is 403 Å². The van der Waals surface area contributed by atoms with Gasteiger partial charge in [-0.1, -0.05) is 115 Å². The molecule has 12 nitrogen and oxygen atoms in total. The molecule has 67 heavy (non-hydrogen) atoms. The first-order valence-corrected chi connectivity index (χ1v) is 23.5. The molecule has 1 saturated heterocycles. The Hall–Kier alpha value is -3.98. The van der Waals surface area contributed by atoms with Gasteiger partial charge in [-0.25, -0.2) is 9.59 Å². The van der Waals surface area contributed by atoms with E-state index in [1.54, 1.807) is 31.2 Å². The average molecular weight is 941 g/mol. The van der Waals surface area contributed by atoms with Crippen LogP contribution < -0.4 is 0 Å². The van der Waals surface area contributed by atoms with Crippen LogP contribution in [0.2, 0.25) is 0 Å². The van der Waals surface area contributed by atoms with E-state index in [1.165, 1.54) is 13.5 Å². The van der Waals surface area contributed by atoms with Crippen LogP contribution in [-0.4, -0.2) is 110 Å². The molecule has 0 radical (unpaired) electrons. The van der Waals surface area contributed by atoms with Crippen LogP contribution in [0.5, 0.6) is 0 Å². The molecule has 0 amide bonds. The van der Waals surface area contributed by atoms with Crippen molar-refractivity contribution in [2.24, 2.45) is 11.8 Å². The SMILES string of the molecule is C.CC.Cc1ccc(CCCCO)c2c1C(=O)O[C@@H](C)[C@H](C)/C=C\C(O)[C@@H](O)[C@@H](O)CC=C2.Cc1ccc(CCCCO)c2c1C(=O)O[C@@H](C)[C@H](C)/C=C\C(O)[C@H]1OC(C)(C)O[C@H]1CC=C2.[3H]C. The van der Waals surface area contributed by atoms with Crippen LogP contribution >= 0.6 is 0 Å². The molecule has 0 bridgehead atoms. The Morgan fingerprint density at radius 2 is 1.07 bits per heavy atom. The van der Waals surface area contributed by atoms with Crippen LogP contribution in [0.15, 0.2) is 60.7 Å². The number of esters is 2. The number of benzene rings is 2. The van der Waals surface area contributed by atoms with Gasteiger partial charge in [0.05, 0.1) is 23.3 Å². The van der Waals surface area contributed by atoms with Crippen molar-refractivity contribution < 1.29 is 60.5 Å². The molecule has 0 aliphatic carbocycles. The number of unbranched alkanes of at least 4 members (excludes halogenated alkanes) is 2. The molecule has 5 rings (SSSR count). The fourth-order valence-corrected chi connectivity index (χ4v) is 7.89. The van der Waals surface area contributed by atoms with Crippen LogP contribution in [-0.2, 0) is 31.8 Å². The lowest BCUT2D eigenvalue weighted by Crippen LogP contribution is -2.36. The Balaban J connectivity index is 0.000000628. The number of carbonyl (C=O) groups excluding carboxylic acids is 2. The topological polar surface area (TPSA) is 192 Å². The van der Waals surface area contributed by atoms with Gasteiger partial charge in [-0.05, 0) is 126 Å². The van der Waals surface area contributed by atoms with Crippen LogP contribution in [0, 0.1) is 25.7 Å². The molecule has 378 valence electrons. The first kappa shape index (κ1) is 59.1. The van der Waals surface area contributed by atoms with Gasteiger partial charge in [0.25, 0.3) is 0 Å². The first-order valence-electron chi connectivity index (χ1n) is 24.5. The third-order valence-electron chi connectivity index (χ3n) is 12.1. The van der Waals surface area contributed by atoms with E-state index in [2.05, 4.69) is 0 Å².